The predicted octanol–water partition coefficient (Wildman–Crippen LogP) is 9.67. The van der Waals surface area contributed by atoms with Crippen LogP contribution >= 0.6 is 0 Å². The molecule has 0 amide bonds. The van der Waals surface area contributed by atoms with Crippen LogP contribution in [0.1, 0.15) is 72.1 Å². The number of hydrogen-bond acceptors (Lipinski definition) is 1. The van der Waals surface area contributed by atoms with Crippen molar-refractivity contribution >= 4 is 17.1 Å². The Balaban J connectivity index is 0.00000176. The Hall–Kier alpha value is -2.54. The topological polar surface area (TPSA) is 3.24 Å². The Morgan fingerprint density at radius 3 is 1.06 bits per heavy atom. The van der Waals surface area contributed by atoms with E-state index in [1.165, 1.54) is 33.8 Å². The lowest BCUT2D eigenvalue weighted by Gasteiger charge is -2.27. The average molecular weight is 430 g/mol. The maximum atomic E-state index is 2.35. The van der Waals surface area contributed by atoms with Gasteiger partial charge in [0.2, 0.25) is 0 Å². The fourth-order valence-corrected chi connectivity index (χ4v) is 3.89. The number of benzene rings is 3. The van der Waals surface area contributed by atoms with Crippen LogP contribution in [0.2, 0.25) is 0 Å². The lowest BCUT2D eigenvalue weighted by atomic mass is 9.88. The molecule has 3 rings (SSSR count). The fourth-order valence-electron chi connectivity index (χ4n) is 3.89. The first-order valence-corrected chi connectivity index (χ1v) is 12.0. The Labute approximate surface area is 197 Å². The summed E-state index contributed by atoms with van der Waals surface area (Å²) in [6, 6.07) is 26.9. The molecule has 0 N–H and O–H groups in total. The van der Waals surface area contributed by atoms with Gasteiger partial charge in [-0.15, -0.1) is 0 Å². The number of nitrogens with zero attached hydrogens (tertiary/aromatic N) is 1. The number of hydrogen-bond donors (Lipinski definition) is 0. The molecule has 0 aliphatic heterocycles. The molecule has 0 aliphatic rings. The molecule has 32 heavy (non-hydrogen) atoms. The van der Waals surface area contributed by atoms with Crippen molar-refractivity contribution in [3.63, 3.8) is 0 Å². The molecular formula is C31H43N. The summed E-state index contributed by atoms with van der Waals surface area (Å²) in [4.78, 5) is 2.35. The summed E-state index contributed by atoms with van der Waals surface area (Å²) in [5, 5.41) is 0. The van der Waals surface area contributed by atoms with Crippen molar-refractivity contribution in [2.24, 2.45) is 10.8 Å². The highest BCUT2D eigenvalue weighted by atomic mass is 15.1. The zero-order valence-corrected chi connectivity index (χ0v) is 21.8. The largest absolute Gasteiger partial charge is 0.311 e. The molecule has 172 valence electrons. The van der Waals surface area contributed by atoms with Crippen molar-refractivity contribution in [1.29, 1.82) is 0 Å². The van der Waals surface area contributed by atoms with E-state index in [2.05, 4.69) is 126 Å². The summed E-state index contributed by atoms with van der Waals surface area (Å²) in [6.07, 6.45) is 2.17. The smallest absolute Gasteiger partial charge is 0.0461 e. The summed E-state index contributed by atoms with van der Waals surface area (Å²) < 4.78 is 0. The summed E-state index contributed by atoms with van der Waals surface area (Å²) in [5.74, 6) is 0. The SMILES string of the molecule is CC.Cc1ccc(N(c2ccc(CC(C)(C)C)cc2)c2ccc(CC(C)(C)C)cc2)cc1. The van der Waals surface area contributed by atoms with Gasteiger partial charge >= 0.3 is 0 Å². The Bertz CT molecular complexity index is 874. The molecule has 0 unspecified atom stereocenters. The van der Waals surface area contributed by atoms with Gasteiger partial charge in [-0.2, -0.15) is 0 Å². The van der Waals surface area contributed by atoms with E-state index in [-0.39, 0.29) is 0 Å². The van der Waals surface area contributed by atoms with Crippen LogP contribution in [-0.2, 0) is 12.8 Å². The van der Waals surface area contributed by atoms with Crippen molar-refractivity contribution in [3.05, 3.63) is 89.5 Å². The third-order valence-electron chi connectivity index (χ3n) is 5.15. The maximum Gasteiger partial charge on any atom is 0.0461 e. The molecule has 0 aromatic heterocycles. The molecule has 0 aliphatic carbocycles. The van der Waals surface area contributed by atoms with Crippen molar-refractivity contribution in [2.75, 3.05) is 4.90 Å². The lowest BCUT2D eigenvalue weighted by molar-refractivity contribution is 0.411. The molecule has 0 bridgehead atoms. The molecule has 0 saturated heterocycles. The van der Waals surface area contributed by atoms with E-state index in [0.717, 1.165) is 12.8 Å². The van der Waals surface area contributed by atoms with E-state index in [4.69, 9.17) is 0 Å². The van der Waals surface area contributed by atoms with E-state index in [1.807, 2.05) is 13.8 Å². The van der Waals surface area contributed by atoms with Crippen molar-refractivity contribution in [3.8, 4) is 0 Å². The third-order valence-corrected chi connectivity index (χ3v) is 5.15. The third kappa shape index (κ3) is 7.86. The highest BCUT2D eigenvalue weighted by Crippen LogP contribution is 2.35. The van der Waals surface area contributed by atoms with Gasteiger partial charge in [0.1, 0.15) is 0 Å². The molecule has 0 fully saturated rings. The molecule has 1 nitrogen and oxygen atoms in total. The van der Waals surface area contributed by atoms with Gasteiger partial charge in [0.25, 0.3) is 0 Å². The highest BCUT2D eigenvalue weighted by molar-refractivity contribution is 5.76. The summed E-state index contributed by atoms with van der Waals surface area (Å²) in [5.41, 5.74) is 8.21. The molecule has 0 radical (unpaired) electrons. The van der Waals surface area contributed by atoms with Gasteiger partial charge in [-0.3, -0.25) is 0 Å². The minimum absolute atomic E-state index is 0.293. The number of rotatable bonds is 5. The van der Waals surface area contributed by atoms with Gasteiger partial charge in [0.05, 0.1) is 0 Å². The van der Waals surface area contributed by atoms with Crippen LogP contribution in [0.25, 0.3) is 0 Å². The van der Waals surface area contributed by atoms with E-state index < -0.39 is 0 Å². The second kappa shape index (κ2) is 10.9. The fraction of sp³-hybridized carbons (Fsp3) is 0.419. The molecular weight excluding hydrogens is 386 g/mol. The second-order valence-corrected chi connectivity index (χ2v) is 11.0. The molecule has 3 aromatic rings. The highest BCUT2D eigenvalue weighted by Gasteiger charge is 2.16. The normalized spacial score (nSPS) is 11.5. The van der Waals surface area contributed by atoms with Gasteiger partial charge in [0.15, 0.2) is 0 Å². The van der Waals surface area contributed by atoms with Crippen LogP contribution in [0.4, 0.5) is 17.1 Å². The first kappa shape index (κ1) is 25.7. The van der Waals surface area contributed by atoms with E-state index in [1.54, 1.807) is 0 Å². The maximum absolute atomic E-state index is 2.35. The molecule has 1 heteroatoms. The zero-order valence-electron chi connectivity index (χ0n) is 21.8. The second-order valence-electron chi connectivity index (χ2n) is 11.0. The van der Waals surface area contributed by atoms with E-state index >= 15 is 0 Å². The van der Waals surface area contributed by atoms with Crippen LogP contribution in [0.15, 0.2) is 72.8 Å². The Morgan fingerprint density at radius 2 is 0.781 bits per heavy atom. The Morgan fingerprint density at radius 1 is 0.500 bits per heavy atom. The first-order valence-electron chi connectivity index (χ1n) is 12.0. The van der Waals surface area contributed by atoms with Gasteiger partial charge in [0, 0.05) is 17.1 Å². The molecule has 0 atom stereocenters. The summed E-state index contributed by atoms with van der Waals surface area (Å²) in [6.45, 7) is 19.9. The van der Waals surface area contributed by atoms with E-state index in [9.17, 15) is 0 Å². The van der Waals surface area contributed by atoms with Crippen LogP contribution < -0.4 is 4.90 Å². The standard InChI is InChI=1S/C29H37N.C2H6/c1-22-8-14-25(15-9-22)30(26-16-10-23(11-17-26)20-28(2,3)4)27-18-12-24(13-19-27)21-29(5,6)7;1-2/h8-19H,20-21H2,1-7H3;1-2H3. The molecule has 0 heterocycles. The summed E-state index contributed by atoms with van der Waals surface area (Å²) in [7, 11) is 0. The zero-order chi connectivity index (χ0) is 23.9. The quantitative estimate of drug-likeness (QED) is 0.390. The minimum atomic E-state index is 0.293. The molecule has 3 aromatic carbocycles. The number of aryl methyl sites for hydroxylation is 1. The average Bonchev–Trinajstić information content (AvgIpc) is 2.71. The van der Waals surface area contributed by atoms with Crippen molar-refractivity contribution in [1.82, 2.24) is 0 Å². The van der Waals surface area contributed by atoms with Crippen LogP contribution in [-0.4, -0.2) is 0 Å². The van der Waals surface area contributed by atoms with Crippen molar-refractivity contribution in [2.45, 2.75) is 75.2 Å². The lowest BCUT2D eigenvalue weighted by Crippen LogP contribution is -2.12. The predicted molar refractivity (Wildman–Crippen MR) is 144 cm³/mol. The number of anilines is 3. The van der Waals surface area contributed by atoms with Gasteiger partial charge in [-0.25, -0.2) is 0 Å². The Kier molecular flexibility index (Phi) is 8.73. The first-order chi connectivity index (χ1) is 15.0. The van der Waals surface area contributed by atoms with Gasteiger partial charge in [-0.1, -0.05) is 97.4 Å². The van der Waals surface area contributed by atoms with Crippen LogP contribution in [0, 0.1) is 17.8 Å². The van der Waals surface area contributed by atoms with Crippen LogP contribution in [0.5, 0.6) is 0 Å². The van der Waals surface area contributed by atoms with Gasteiger partial charge < -0.3 is 4.90 Å². The van der Waals surface area contributed by atoms with Gasteiger partial charge in [-0.05, 0) is 78.1 Å². The molecule has 0 spiro atoms. The van der Waals surface area contributed by atoms with Crippen LogP contribution in [0.3, 0.4) is 0 Å². The molecule has 0 saturated carbocycles. The minimum Gasteiger partial charge on any atom is -0.311 e. The van der Waals surface area contributed by atoms with Crippen molar-refractivity contribution < 1.29 is 0 Å². The van der Waals surface area contributed by atoms with E-state index in [0.29, 0.717) is 10.8 Å². The summed E-state index contributed by atoms with van der Waals surface area (Å²) >= 11 is 0. The monoisotopic (exact) mass is 429 g/mol.